The number of rotatable bonds is 12. The molecule has 0 aliphatic heterocycles. The molecule has 0 fully saturated rings. The van der Waals surface area contributed by atoms with Crippen molar-refractivity contribution in [1.82, 2.24) is 15.1 Å². The van der Waals surface area contributed by atoms with Crippen LogP contribution in [0.2, 0.25) is 5.02 Å². The van der Waals surface area contributed by atoms with Crippen LogP contribution in [-0.2, 0) is 17.9 Å². The Morgan fingerprint density at radius 1 is 1.12 bits per heavy atom. The van der Waals surface area contributed by atoms with Gasteiger partial charge in [0.1, 0.15) is 6.54 Å². The van der Waals surface area contributed by atoms with E-state index in [1.54, 1.807) is 41.3 Å². The maximum atomic E-state index is 12.8. The Hall–Kier alpha value is -3.52. The predicted molar refractivity (Wildman–Crippen MR) is 131 cm³/mol. The van der Waals surface area contributed by atoms with E-state index in [9.17, 15) is 9.59 Å². The van der Waals surface area contributed by atoms with Gasteiger partial charge in [0.05, 0.1) is 18.2 Å². The Bertz CT molecular complexity index is 1100. The molecule has 0 saturated carbocycles. The Kier molecular flexibility index (Phi) is 9.34. The number of aromatic nitrogens is 2. The van der Waals surface area contributed by atoms with Crippen molar-refractivity contribution in [3.8, 4) is 11.5 Å². The molecule has 2 amide bonds. The highest BCUT2D eigenvalue weighted by molar-refractivity contribution is 6.32. The number of amides is 2. The zero-order valence-electron chi connectivity index (χ0n) is 19.3. The molecule has 0 bridgehead atoms. The molecule has 180 valence electrons. The average Bonchev–Trinajstić information content (AvgIpc) is 3.32. The molecule has 2 N–H and O–H groups in total. The largest absolute Gasteiger partial charge is 0.490 e. The highest BCUT2D eigenvalue weighted by Gasteiger charge is 2.16. The minimum Gasteiger partial charge on any atom is -0.490 e. The number of hydrogen-bond acceptors (Lipinski definition) is 5. The summed E-state index contributed by atoms with van der Waals surface area (Å²) >= 11 is 6.40. The van der Waals surface area contributed by atoms with Crippen LogP contribution in [0.5, 0.6) is 11.5 Å². The van der Waals surface area contributed by atoms with Gasteiger partial charge in [-0.2, -0.15) is 5.10 Å². The number of anilines is 1. The topological polar surface area (TPSA) is 94.5 Å². The first-order valence-corrected chi connectivity index (χ1v) is 11.6. The number of hydrogen-bond donors (Lipinski definition) is 2. The minimum absolute atomic E-state index is 0.120. The molecule has 0 aliphatic carbocycles. The fourth-order valence-electron chi connectivity index (χ4n) is 3.21. The van der Waals surface area contributed by atoms with E-state index >= 15 is 0 Å². The lowest BCUT2D eigenvalue weighted by molar-refractivity contribution is -0.116. The van der Waals surface area contributed by atoms with E-state index in [0.29, 0.717) is 41.0 Å². The van der Waals surface area contributed by atoms with Crippen molar-refractivity contribution < 1.29 is 19.1 Å². The predicted octanol–water partition coefficient (Wildman–Crippen LogP) is 4.68. The number of unbranched alkanes of at least 4 members (excludes halogenated alkanes) is 1. The van der Waals surface area contributed by atoms with Crippen molar-refractivity contribution in [3.63, 3.8) is 0 Å². The third-order valence-corrected chi connectivity index (χ3v) is 5.13. The van der Waals surface area contributed by atoms with E-state index in [1.807, 2.05) is 25.1 Å². The summed E-state index contributed by atoms with van der Waals surface area (Å²) < 4.78 is 13.0. The molecule has 0 saturated heterocycles. The summed E-state index contributed by atoms with van der Waals surface area (Å²) in [4.78, 5) is 25.0. The Morgan fingerprint density at radius 2 is 1.97 bits per heavy atom. The first-order chi connectivity index (χ1) is 16.5. The van der Waals surface area contributed by atoms with Gasteiger partial charge in [-0.3, -0.25) is 14.3 Å². The number of nitrogens with one attached hydrogen (secondary N) is 2. The fraction of sp³-hybridized carbons (Fsp3) is 0.320. The molecule has 3 rings (SSSR count). The molecule has 0 radical (unpaired) electrons. The molecular weight excluding hydrogens is 456 g/mol. The third kappa shape index (κ3) is 7.25. The van der Waals surface area contributed by atoms with Crippen LogP contribution < -0.4 is 20.1 Å². The smallest absolute Gasteiger partial charge is 0.251 e. The zero-order valence-corrected chi connectivity index (χ0v) is 20.1. The van der Waals surface area contributed by atoms with Crippen molar-refractivity contribution in [2.45, 2.75) is 39.8 Å². The standard InChI is InChI=1S/C25H29ClN4O4/c1-3-5-12-34-24-21(26)14-19(15-22(24)33-4-2)25(32)27-16-18-8-6-9-20(13-18)29-23(31)17-30-11-7-10-28-30/h6-11,13-15H,3-5,12,16-17H2,1-2H3,(H,27,32)(H,29,31). The van der Waals surface area contributed by atoms with Gasteiger partial charge in [0.15, 0.2) is 11.5 Å². The van der Waals surface area contributed by atoms with Crippen molar-refractivity contribution in [3.05, 3.63) is 71.0 Å². The molecule has 0 spiro atoms. The lowest BCUT2D eigenvalue weighted by Gasteiger charge is -2.15. The summed E-state index contributed by atoms with van der Waals surface area (Å²) in [7, 11) is 0. The van der Waals surface area contributed by atoms with Gasteiger partial charge in [0.2, 0.25) is 5.91 Å². The Labute approximate surface area is 204 Å². The molecule has 0 atom stereocenters. The van der Waals surface area contributed by atoms with Gasteiger partial charge < -0.3 is 20.1 Å². The van der Waals surface area contributed by atoms with Crippen molar-refractivity contribution in [2.75, 3.05) is 18.5 Å². The molecule has 8 nitrogen and oxygen atoms in total. The SMILES string of the molecule is CCCCOc1c(Cl)cc(C(=O)NCc2cccc(NC(=O)Cn3cccn3)c2)cc1OCC. The Morgan fingerprint density at radius 3 is 2.71 bits per heavy atom. The second kappa shape index (κ2) is 12.6. The van der Waals surface area contributed by atoms with E-state index in [0.717, 1.165) is 18.4 Å². The van der Waals surface area contributed by atoms with Gasteiger partial charge in [-0.15, -0.1) is 0 Å². The van der Waals surface area contributed by atoms with E-state index in [-0.39, 0.29) is 24.9 Å². The molecular formula is C25H29ClN4O4. The van der Waals surface area contributed by atoms with Gasteiger partial charge in [0, 0.05) is 30.2 Å². The van der Waals surface area contributed by atoms with Crippen molar-refractivity contribution >= 4 is 29.1 Å². The number of ether oxygens (including phenoxy) is 2. The number of carbonyl (C=O) groups is 2. The van der Waals surface area contributed by atoms with Crippen LogP contribution >= 0.6 is 11.6 Å². The number of nitrogens with zero attached hydrogens (tertiary/aromatic N) is 2. The van der Waals surface area contributed by atoms with E-state index < -0.39 is 0 Å². The molecule has 9 heteroatoms. The normalized spacial score (nSPS) is 10.6. The first kappa shape index (κ1) is 25.1. The summed E-state index contributed by atoms with van der Waals surface area (Å²) in [5.41, 5.74) is 1.85. The van der Waals surface area contributed by atoms with E-state index in [1.165, 1.54) is 0 Å². The highest BCUT2D eigenvalue weighted by atomic mass is 35.5. The number of halogens is 1. The Balaban J connectivity index is 1.62. The number of benzene rings is 2. The van der Waals surface area contributed by atoms with Crippen LogP contribution in [0.25, 0.3) is 0 Å². The summed E-state index contributed by atoms with van der Waals surface area (Å²) in [5, 5.41) is 10.1. The lowest BCUT2D eigenvalue weighted by Crippen LogP contribution is -2.23. The summed E-state index contributed by atoms with van der Waals surface area (Å²) in [6.07, 6.45) is 5.23. The second-order valence-electron chi connectivity index (χ2n) is 7.56. The van der Waals surface area contributed by atoms with Gasteiger partial charge in [0.25, 0.3) is 5.91 Å². The molecule has 1 heterocycles. The second-order valence-corrected chi connectivity index (χ2v) is 7.96. The maximum Gasteiger partial charge on any atom is 0.251 e. The minimum atomic E-state index is -0.295. The van der Waals surface area contributed by atoms with Crippen LogP contribution in [0, 0.1) is 0 Å². The molecule has 34 heavy (non-hydrogen) atoms. The van der Waals surface area contributed by atoms with E-state index in [2.05, 4.69) is 22.7 Å². The van der Waals surface area contributed by atoms with Crippen LogP contribution in [0.4, 0.5) is 5.69 Å². The fourth-order valence-corrected chi connectivity index (χ4v) is 3.47. The molecule has 0 unspecified atom stereocenters. The average molecular weight is 485 g/mol. The van der Waals surface area contributed by atoms with Gasteiger partial charge in [-0.25, -0.2) is 0 Å². The quantitative estimate of drug-likeness (QED) is 0.364. The van der Waals surface area contributed by atoms with Gasteiger partial charge in [-0.05, 0) is 49.2 Å². The summed E-state index contributed by atoms with van der Waals surface area (Å²) in [6, 6.07) is 12.3. The van der Waals surface area contributed by atoms with Gasteiger partial charge in [-0.1, -0.05) is 37.1 Å². The zero-order chi connectivity index (χ0) is 24.3. The number of carbonyl (C=O) groups excluding carboxylic acids is 2. The monoisotopic (exact) mass is 484 g/mol. The van der Waals surface area contributed by atoms with Crippen LogP contribution in [0.1, 0.15) is 42.6 Å². The van der Waals surface area contributed by atoms with Crippen LogP contribution in [-0.4, -0.2) is 34.8 Å². The van der Waals surface area contributed by atoms with Crippen molar-refractivity contribution in [2.24, 2.45) is 0 Å². The molecule has 1 aromatic heterocycles. The van der Waals surface area contributed by atoms with E-state index in [4.69, 9.17) is 21.1 Å². The van der Waals surface area contributed by atoms with Crippen molar-refractivity contribution in [1.29, 1.82) is 0 Å². The molecule has 0 aliphatic rings. The van der Waals surface area contributed by atoms with Gasteiger partial charge >= 0.3 is 0 Å². The van der Waals surface area contributed by atoms with Crippen LogP contribution in [0.3, 0.4) is 0 Å². The summed E-state index contributed by atoms with van der Waals surface area (Å²) in [5.74, 6) is 0.408. The third-order valence-electron chi connectivity index (χ3n) is 4.84. The van der Waals surface area contributed by atoms with Crippen LogP contribution in [0.15, 0.2) is 54.9 Å². The highest BCUT2D eigenvalue weighted by Crippen LogP contribution is 2.37. The maximum absolute atomic E-state index is 12.8. The molecule has 2 aromatic carbocycles. The summed E-state index contributed by atoms with van der Waals surface area (Å²) in [6.45, 7) is 5.28. The lowest BCUT2D eigenvalue weighted by atomic mass is 10.1. The molecule has 3 aromatic rings. The first-order valence-electron chi connectivity index (χ1n) is 11.2.